The van der Waals surface area contributed by atoms with E-state index in [0.717, 1.165) is 0 Å². The summed E-state index contributed by atoms with van der Waals surface area (Å²) in [5.74, 6) is -0.441. The van der Waals surface area contributed by atoms with Crippen LogP contribution in [0.25, 0.3) is 11.3 Å². The van der Waals surface area contributed by atoms with Gasteiger partial charge in [-0.25, -0.2) is 9.37 Å². The van der Waals surface area contributed by atoms with E-state index in [0.29, 0.717) is 11.1 Å². The first-order valence-corrected chi connectivity index (χ1v) is 5.44. The van der Waals surface area contributed by atoms with Crippen molar-refractivity contribution in [1.82, 2.24) is 4.98 Å². The molecule has 2 rings (SSSR count). The summed E-state index contributed by atoms with van der Waals surface area (Å²) in [4.78, 5) is 14.2. The number of halogens is 2. The zero-order chi connectivity index (χ0) is 13.3. The van der Waals surface area contributed by atoms with E-state index in [4.69, 9.17) is 11.6 Å². The van der Waals surface area contributed by atoms with Gasteiger partial charge in [-0.2, -0.15) is 0 Å². The lowest BCUT2D eigenvalue weighted by Crippen LogP contribution is -1.95. The third-order valence-corrected chi connectivity index (χ3v) is 2.69. The predicted octanol–water partition coefficient (Wildman–Crippen LogP) is 3.76. The molecule has 1 aromatic heterocycles. The highest BCUT2D eigenvalue weighted by Gasteiger charge is 2.18. The van der Waals surface area contributed by atoms with Crippen LogP contribution in [-0.4, -0.2) is 9.91 Å². The van der Waals surface area contributed by atoms with Crippen molar-refractivity contribution in [3.63, 3.8) is 0 Å². The number of nitrogens with zero attached hydrogens (tertiary/aromatic N) is 2. The van der Waals surface area contributed by atoms with E-state index in [1.165, 1.54) is 24.3 Å². The van der Waals surface area contributed by atoms with E-state index < -0.39 is 10.7 Å². The second-order valence-electron chi connectivity index (χ2n) is 3.72. The smallest absolute Gasteiger partial charge is 0.258 e. The van der Waals surface area contributed by atoms with Gasteiger partial charge in [0.1, 0.15) is 16.7 Å². The zero-order valence-corrected chi connectivity index (χ0v) is 10.1. The van der Waals surface area contributed by atoms with Crippen molar-refractivity contribution in [2.75, 3.05) is 0 Å². The van der Waals surface area contributed by atoms with Gasteiger partial charge in [-0.15, -0.1) is 0 Å². The molecule has 0 fully saturated rings. The number of aromatic nitrogens is 1. The Morgan fingerprint density at radius 3 is 2.67 bits per heavy atom. The molecule has 4 nitrogen and oxygen atoms in total. The highest BCUT2D eigenvalue weighted by molar-refractivity contribution is 6.29. The summed E-state index contributed by atoms with van der Waals surface area (Å²) in [6.07, 6.45) is 0. The number of nitro groups is 1. The van der Waals surface area contributed by atoms with Gasteiger partial charge in [-0.1, -0.05) is 23.7 Å². The van der Waals surface area contributed by atoms with E-state index in [-0.39, 0.29) is 16.5 Å². The first-order valence-electron chi connectivity index (χ1n) is 5.06. The molecule has 18 heavy (non-hydrogen) atoms. The van der Waals surface area contributed by atoms with Gasteiger partial charge in [0.15, 0.2) is 0 Å². The molecular weight excluding hydrogens is 259 g/mol. The molecule has 0 N–H and O–H groups in total. The molecule has 1 heterocycles. The van der Waals surface area contributed by atoms with Crippen molar-refractivity contribution in [3.8, 4) is 11.3 Å². The lowest BCUT2D eigenvalue weighted by atomic mass is 10.1. The Kier molecular flexibility index (Phi) is 3.25. The summed E-state index contributed by atoms with van der Waals surface area (Å²) in [5, 5.41) is 11.0. The van der Waals surface area contributed by atoms with Gasteiger partial charge in [-0.05, 0) is 24.6 Å². The Bertz CT molecular complexity index is 631. The van der Waals surface area contributed by atoms with Crippen LogP contribution in [0.4, 0.5) is 10.1 Å². The third kappa shape index (κ3) is 2.31. The van der Waals surface area contributed by atoms with Crippen LogP contribution >= 0.6 is 11.6 Å². The average Bonchev–Trinajstić information content (AvgIpc) is 2.32. The lowest BCUT2D eigenvalue weighted by molar-refractivity contribution is -0.384. The van der Waals surface area contributed by atoms with Crippen LogP contribution in [0.2, 0.25) is 5.15 Å². The SMILES string of the molecule is Cc1ccc(-c2nc(Cl)ccc2[N+](=O)[O-])cc1F. The van der Waals surface area contributed by atoms with E-state index in [1.807, 2.05) is 0 Å². The van der Waals surface area contributed by atoms with Crippen molar-refractivity contribution < 1.29 is 9.31 Å². The Morgan fingerprint density at radius 1 is 1.33 bits per heavy atom. The van der Waals surface area contributed by atoms with E-state index >= 15 is 0 Å². The molecule has 2 aromatic rings. The Labute approximate surface area is 107 Å². The molecule has 0 aliphatic rings. The molecular formula is C12H8ClFN2O2. The largest absolute Gasteiger partial charge is 0.295 e. The fourth-order valence-electron chi connectivity index (χ4n) is 1.53. The van der Waals surface area contributed by atoms with Gasteiger partial charge in [0, 0.05) is 11.6 Å². The Hall–Kier alpha value is -2.01. The predicted molar refractivity (Wildman–Crippen MR) is 66.0 cm³/mol. The molecule has 0 atom stereocenters. The minimum atomic E-state index is -0.573. The molecule has 0 amide bonds. The fourth-order valence-corrected chi connectivity index (χ4v) is 1.68. The summed E-state index contributed by atoms with van der Waals surface area (Å²) >= 11 is 5.72. The quantitative estimate of drug-likeness (QED) is 0.472. The van der Waals surface area contributed by atoms with Gasteiger partial charge >= 0.3 is 0 Å². The molecule has 0 saturated carbocycles. The number of hydrogen-bond donors (Lipinski definition) is 0. The first kappa shape index (κ1) is 12.4. The minimum Gasteiger partial charge on any atom is -0.258 e. The zero-order valence-electron chi connectivity index (χ0n) is 9.35. The first-order chi connectivity index (χ1) is 8.49. The highest BCUT2D eigenvalue weighted by Crippen LogP contribution is 2.30. The van der Waals surface area contributed by atoms with Crippen molar-refractivity contribution >= 4 is 17.3 Å². The standard InChI is InChI=1S/C12H8ClFN2O2/c1-7-2-3-8(6-9(7)14)12-10(16(17)18)4-5-11(13)15-12/h2-6H,1H3. The summed E-state index contributed by atoms with van der Waals surface area (Å²) in [6, 6.07) is 6.90. The Morgan fingerprint density at radius 2 is 2.06 bits per heavy atom. The van der Waals surface area contributed by atoms with Crippen LogP contribution in [0.15, 0.2) is 30.3 Å². The number of aryl methyl sites for hydroxylation is 1. The summed E-state index contributed by atoms with van der Waals surface area (Å²) in [7, 11) is 0. The summed E-state index contributed by atoms with van der Waals surface area (Å²) in [5.41, 5.74) is 0.643. The van der Waals surface area contributed by atoms with Crippen molar-refractivity contribution in [3.05, 3.63) is 57.0 Å². The maximum absolute atomic E-state index is 13.5. The van der Waals surface area contributed by atoms with Crippen LogP contribution in [-0.2, 0) is 0 Å². The maximum Gasteiger partial charge on any atom is 0.295 e. The molecule has 0 aliphatic carbocycles. The van der Waals surface area contributed by atoms with E-state index in [2.05, 4.69) is 4.98 Å². The normalized spacial score (nSPS) is 10.4. The molecule has 0 spiro atoms. The summed E-state index contributed by atoms with van der Waals surface area (Å²) < 4.78 is 13.5. The average molecular weight is 267 g/mol. The number of pyridine rings is 1. The molecule has 0 saturated heterocycles. The number of benzene rings is 1. The van der Waals surface area contributed by atoms with Gasteiger partial charge < -0.3 is 0 Å². The second kappa shape index (κ2) is 4.70. The van der Waals surface area contributed by atoms with Crippen LogP contribution in [0.1, 0.15) is 5.56 Å². The molecule has 6 heteroatoms. The second-order valence-corrected chi connectivity index (χ2v) is 4.11. The van der Waals surface area contributed by atoms with Crippen LogP contribution in [0, 0.1) is 22.9 Å². The van der Waals surface area contributed by atoms with Gasteiger partial charge in [0.25, 0.3) is 5.69 Å². The van der Waals surface area contributed by atoms with Crippen LogP contribution < -0.4 is 0 Å². The Balaban J connectivity index is 2.65. The summed E-state index contributed by atoms with van der Waals surface area (Å²) in [6.45, 7) is 1.61. The molecule has 0 radical (unpaired) electrons. The van der Waals surface area contributed by atoms with Gasteiger partial charge in [0.2, 0.25) is 0 Å². The van der Waals surface area contributed by atoms with Crippen LogP contribution in [0.5, 0.6) is 0 Å². The van der Waals surface area contributed by atoms with Crippen LogP contribution in [0.3, 0.4) is 0 Å². The molecule has 92 valence electrons. The molecule has 1 aromatic carbocycles. The van der Waals surface area contributed by atoms with Crippen molar-refractivity contribution in [1.29, 1.82) is 0 Å². The minimum absolute atomic E-state index is 0.0615. The molecule has 0 bridgehead atoms. The highest BCUT2D eigenvalue weighted by atomic mass is 35.5. The number of hydrogen-bond acceptors (Lipinski definition) is 3. The monoisotopic (exact) mass is 266 g/mol. The van der Waals surface area contributed by atoms with Crippen molar-refractivity contribution in [2.45, 2.75) is 6.92 Å². The topological polar surface area (TPSA) is 56.0 Å². The van der Waals surface area contributed by atoms with E-state index in [9.17, 15) is 14.5 Å². The van der Waals surface area contributed by atoms with Gasteiger partial charge in [-0.3, -0.25) is 10.1 Å². The van der Waals surface area contributed by atoms with E-state index in [1.54, 1.807) is 13.0 Å². The number of rotatable bonds is 2. The van der Waals surface area contributed by atoms with Crippen molar-refractivity contribution in [2.24, 2.45) is 0 Å². The lowest BCUT2D eigenvalue weighted by Gasteiger charge is -2.04. The molecule has 0 unspecified atom stereocenters. The molecule has 0 aliphatic heterocycles. The fraction of sp³-hybridized carbons (Fsp3) is 0.0833. The third-order valence-electron chi connectivity index (χ3n) is 2.48. The van der Waals surface area contributed by atoms with Gasteiger partial charge in [0.05, 0.1) is 4.92 Å². The maximum atomic E-state index is 13.5.